The number of para-hydroxylation sites is 1. The van der Waals surface area contributed by atoms with Crippen molar-refractivity contribution in [2.75, 3.05) is 20.8 Å². The number of methoxy groups -OCH3 is 1. The fourth-order valence-corrected chi connectivity index (χ4v) is 2.36. The second-order valence-electron chi connectivity index (χ2n) is 5.06. The maximum Gasteiger partial charge on any atom is 0.123 e. The van der Waals surface area contributed by atoms with Gasteiger partial charge < -0.3 is 9.47 Å². The Morgan fingerprint density at radius 3 is 2.57 bits per heavy atom. The second kappa shape index (κ2) is 7.70. The number of hydrogen-bond donors (Lipinski definition) is 0. The van der Waals surface area contributed by atoms with Crippen molar-refractivity contribution < 1.29 is 9.47 Å². The lowest BCUT2D eigenvalue weighted by Crippen LogP contribution is -2.17. The maximum absolute atomic E-state index is 5.68. The molecule has 3 nitrogen and oxygen atoms in total. The van der Waals surface area contributed by atoms with E-state index in [4.69, 9.17) is 9.47 Å². The van der Waals surface area contributed by atoms with Crippen molar-refractivity contribution >= 4 is 0 Å². The topological polar surface area (TPSA) is 21.7 Å². The third-order valence-corrected chi connectivity index (χ3v) is 3.30. The fraction of sp³-hybridized carbons (Fsp3) is 0.333. The molecule has 0 N–H and O–H groups in total. The first-order valence-electron chi connectivity index (χ1n) is 7.25. The van der Waals surface area contributed by atoms with Crippen LogP contribution >= 0.6 is 0 Å². The van der Waals surface area contributed by atoms with Crippen molar-refractivity contribution in [3.63, 3.8) is 0 Å². The van der Waals surface area contributed by atoms with Gasteiger partial charge in [0.25, 0.3) is 0 Å². The quantitative estimate of drug-likeness (QED) is 0.774. The van der Waals surface area contributed by atoms with Gasteiger partial charge in [0, 0.05) is 18.7 Å². The van der Waals surface area contributed by atoms with Crippen LogP contribution in [-0.4, -0.2) is 25.7 Å². The molecule has 2 aromatic carbocycles. The van der Waals surface area contributed by atoms with Gasteiger partial charge in [0.15, 0.2) is 0 Å². The summed E-state index contributed by atoms with van der Waals surface area (Å²) in [5.74, 6) is 1.87. The molecule has 0 amide bonds. The standard InChI is InChI=1S/C18H23NO2/c1-4-21-18-11-6-5-9-16(18)14-19(2)13-15-8-7-10-17(12-15)20-3/h5-12H,4,13-14H2,1-3H3. The van der Waals surface area contributed by atoms with Crippen molar-refractivity contribution in [2.24, 2.45) is 0 Å². The molecule has 0 heterocycles. The molecule has 0 radical (unpaired) electrons. The molecule has 3 heteroatoms. The lowest BCUT2D eigenvalue weighted by Gasteiger charge is -2.19. The zero-order valence-corrected chi connectivity index (χ0v) is 13.0. The van der Waals surface area contributed by atoms with E-state index in [0.29, 0.717) is 6.61 Å². The maximum atomic E-state index is 5.68. The summed E-state index contributed by atoms with van der Waals surface area (Å²) in [5.41, 5.74) is 2.45. The largest absolute Gasteiger partial charge is 0.497 e. The van der Waals surface area contributed by atoms with Gasteiger partial charge in [-0.3, -0.25) is 4.90 Å². The van der Waals surface area contributed by atoms with Crippen LogP contribution in [0.4, 0.5) is 0 Å². The zero-order chi connectivity index (χ0) is 15.1. The SMILES string of the molecule is CCOc1ccccc1CN(C)Cc1cccc(OC)c1. The van der Waals surface area contributed by atoms with Crippen LogP contribution in [0.15, 0.2) is 48.5 Å². The molecule has 0 aliphatic heterocycles. The average molecular weight is 285 g/mol. The predicted molar refractivity (Wildman–Crippen MR) is 85.8 cm³/mol. The summed E-state index contributed by atoms with van der Waals surface area (Å²) >= 11 is 0. The minimum Gasteiger partial charge on any atom is -0.497 e. The summed E-state index contributed by atoms with van der Waals surface area (Å²) in [5, 5.41) is 0. The monoisotopic (exact) mass is 285 g/mol. The number of benzene rings is 2. The molecule has 0 bridgehead atoms. The number of nitrogens with zero attached hydrogens (tertiary/aromatic N) is 1. The normalized spacial score (nSPS) is 10.7. The van der Waals surface area contributed by atoms with Gasteiger partial charge in [-0.1, -0.05) is 30.3 Å². The molecule has 0 unspecified atom stereocenters. The van der Waals surface area contributed by atoms with Crippen LogP contribution in [0.25, 0.3) is 0 Å². The highest BCUT2D eigenvalue weighted by Crippen LogP contribution is 2.21. The van der Waals surface area contributed by atoms with Crippen LogP contribution in [0.3, 0.4) is 0 Å². The van der Waals surface area contributed by atoms with Gasteiger partial charge in [-0.2, -0.15) is 0 Å². The first-order valence-corrected chi connectivity index (χ1v) is 7.25. The first-order chi connectivity index (χ1) is 10.2. The predicted octanol–water partition coefficient (Wildman–Crippen LogP) is 3.73. The van der Waals surface area contributed by atoms with Gasteiger partial charge in [0.05, 0.1) is 13.7 Å². The minimum absolute atomic E-state index is 0.691. The van der Waals surface area contributed by atoms with Crippen molar-refractivity contribution in [1.29, 1.82) is 0 Å². The Labute approximate surface area is 127 Å². The van der Waals surface area contributed by atoms with E-state index in [1.54, 1.807) is 7.11 Å². The summed E-state index contributed by atoms with van der Waals surface area (Å²) in [4.78, 5) is 2.27. The van der Waals surface area contributed by atoms with Gasteiger partial charge in [0.2, 0.25) is 0 Å². The van der Waals surface area contributed by atoms with E-state index < -0.39 is 0 Å². The summed E-state index contributed by atoms with van der Waals surface area (Å²) < 4.78 is 10.9. The number of hydrogen-bond acceptors (Lipinski definition) is 3. The van der Waals surface area contributed by atoms with Crippen molar-refractivity contribution in [3.05, 3.63) is 59.7 Å². The van der Waals surface area contributed by atoms with Crippen LogP contribution in [-0.2, 0) is 13.1 Å². The first kappa shape index (κ1) is 15.4. The molecule has 2 aromatic rings. The minimum atomic E-state index is 0.691. The van der Waals surface area contributed by atoms with Crippen LogP contribution < -0.4 is 9.47 Å². The van der Waals surface area contributed by atoms with Gasteiger partial charge in [-0.25, -0.2) is 0 Å². The van der Waals surface area contributed by atoms with Crippen molar-refractivity contribution in [1.82, 2.24) is 4.90 Å². The molecule has 112 valence electrons. The fourth-order valence-electron chi connectivity index (χ4n) is 2.36. The van der Waals surface area contributed by atoms with E-state index in [1.807, 2.05) is 31.2 Å². The second-order valence-corrected chi connectivity index (χ2v) is 5.06. The molecule has 0 saturated heterocycles. The number of rotatable bonds is 7. The van der Waals surface area contributed by atoms with Gasteiger partial charge in [0.1, 0.15) is 11.5 Å². The molecular formula is C18H23NO2. The van der Waals surface area contributed by atoms with E-state index in [1.165, 1.54) is 11.1 Å². The average Bonchev–Trinajstić information content (AvgIpc) is 2.49. The summed E-state index contributed by atoms with van der Waals surface area (Å²) in [6, 6.07) is 16.4. The van der Waals surface area contributed by atoms with Crippen LogP contribution in [0, 0.1) is 0 Å². The van der Waals surface area contributed by atoms with Crippen LogP contribution in [0.2, 0.25) is 0 Å². The summed E-state index contributed by atoms with van der Waals surface area (Å²) in [7, 11) is 3.81. The Morgan fingerprint density at radius 2 is 1.81 bits per heavy atom. The molecule has 0 aliphatic carbocycles. The smallest absolute Gasteiger partial charge is 0.123 e. The molecule has 0 aliphatic rings. The highest BCUT2D eigenvalue weighted by molar-refractivity contribution is 5.33. The van der Waals surface area contributed by atoms with Gasteiger partial charge in [-0.05, 0) is 37.7 Å². The van der Waals surface area contributed by atoms with E-state index >= 15 is 0 Å². The molecule has 2 rings (SSSR count). The lowest BCUT2D eigenvalue weighted by atomic mass is 10.1. The van der Waals surface area contributed by atoms with Crippen LogP contribution in [0.5, 0.6) is 11.5 Å². The Morgan fingerprint density at radius 1 is 1.00 bits per heavy atom. The molecule has 0 saturated carbocycles. The summed E-state index contributed by atoms with van der Waals surface area (Å²) in [6.07, 6.45) is 0. The number of ether oxygens (including phenoxy) is 2. The van der Waals surface area contributed by atoms with E-state index in [0.717, 1.165) is 24.6 Å². The zero-order valence-electron chi connectivity index (χ0n) is 13.0. The summed E-state index contributed by atoms with van der Waals surface area (Å²) in [6.45, 7) is 4.43. The van der Waals surface area contributed by atoms with E-state index in [9.17, 15) is 0 Å². The third kappa shape index (κ3) is 4.50. The Hall–Kier alpha value is -2.00. The van der Waals surface area contributed by atoms with Gasteiger partial charge >= 0.3 is 0 Å². The Balaban J connectivity index is 2.02. The van der Waals surface area contributed by atoms with Crippen molar-refractivity contribution in [3.8, 4) is 11.5 Å². The molecule has 0 fully saturated rings. The highest BCUT2D eigenvalue weighted by atomic mass is 16.5. The van der Waals surface area contributed by atoms with Crippen LogP contribution in [0.1, 0.15) is 18.1 Å². The molecule has 0 atom stereocenters. The van der Waals surface area contributed by atoms with Gasteiger partial charge in [-0.15, -0.1) is 0 Å². The molecular weight excluding hydrogens is 262 g/mol. The third-order valence-electron chi connectivity index (χ3n) is 3.30. The Bertz CT molecular complexity index is 569. The van der Waals surface area contributed by atoms with E-state index in [2.05, 4.69) is 36.2 Å². The van der Waals surface area contributed by atoms with E-state index in [-0.39, 0.29) is 0 Å². The Kier molecular flexibility index (Phi) is 5.64. The molecule has 21 heavy (non-hydrogen) atoms. The molecule has 0 aromatic heterocycles. The highest BCUT2D eigenvalue weighted by Gasteiger charge is 2.07. The van der Waals surface area contributed by atoms with Crippen molar-refractivity contribution in [2.45, 2.75) is 20.0 Å². The molecule has 0 spiro atoms. The lowest BCUT2D eigenvalue weighted by molar-refractivity contribution is 0.297.